The fourth-order valence-corrected chi connectivity index (χ4v) is 2.70. The van der Waals surface area contributed by atoms with Crippen molar-refractivity contribution in [2.75, 3.05) is 19.8 Å². The molecule has 0 fully saturated rings. The molecule has 0 aromatic heterocycles. The molecule has 2 N–H and O–H groups in total. The van der Waals surface area contributed by atoms with E-state index >= 15 is 0 Å². The lowest BCUT2D eigenvalue weighted by molar-refractivity contribution is -0.122. The largest absolute Gasteiger partial charge is 0.508 e. The maximum atomic E-state index is 11.7. The van der Waals surface area contributed by atoms with Crippen molar-refractivity contribution in [2.24, 2.45) is 0 Å². The molecule has 0 spiro atoms. The normalized spacial score (nSPS) is 10.8. The van der Waals surface area contributed by atoms with Gasteiger partial charge in [-0.2, -0.15) is 0 Å². The minimum Gasteiger partial charge on any atom is -0.508 e. The van der Waals surface area contributed by atoms with Crippen molar-refractivity contribution in [1.82, 2.24) is 5.32 Å². The van der Waals surface area contributed by atoms with Gasteiger partial charge in [0.05, 0.1) is 6.61 Å². The summed E-state index contributed by atoms with van der Waals surface area (Å²) in [6.45, 7) is 4.12. The van der Waals surface area contributed by atoms with E-state index in [0.717, 1.165) is 25.0 Å². The molecule has 0 saturated carbocycles. The first-order valence-corrected chi connectivity index (χ1v) is 9.84. The summed E-state index contributed by atoms with van der Waals surface area (Å²) < 4.78 is 5.54. The monoisotopic (exact) mass is 349 g/mol. The second-order valence-electron chi connectivity index (χ2n) is 6.60. The average molecular weight is 350 g/mol. The quantitative estimate of drug-likeness (QED) is 0.455. The van der Waals surface area contributed by atoms with Crippen LogP contribution in [0.15, 0.2) is 24.3 Å². The third kappa shape index (κ3) is 12.5. The first-order valence-electron chi connectivity index (χ1n) is 9.84. The number of aromatic hydroxyl groups is 1. The molecule has 0 aliphatic heterocycles. The maximum absolute atomic E-state index is 11.7. The highest BCUT2D eigenvalue weighted by Crippen LogP contribution is 2.10. The van der Waals surface area contributed by atoms with Gasteiger partial charge in [-0.15, -0.1) is 0 Å². The van der Waals surface area contributed by atoms with E-state index in [4.69, 9.17) is 4.74 Å². The van der Waals surface area contributed by atoms with Gasteiger partial charge in [-0.3, -0.25) is 4.79 Å². The standard InChI is InChI=1S/C21H35NO3/c1-2-3-4-5-6-7-8-9-17-25-18-15-21(24)22-16-14-19-10-12-20(23)13-11-19/h10-13,23H,2-9,14-18H2,1H3,(H,22,24). The van der Waals surface area contributed by atoms with Crippen LogP contribution in [0.5, 0.6) is 5.75 Å². The van der Waals surface area contributed by atoms with Gasteiger partial charge in [0.25, 0.3) is 0 Å². The van der Waals surface area contributed by atoms with E-state index < -0.39 is 0 Å². The number of ether oxygens (including phenoxy) is 1. The predicted octanol–water partition coefficient (Wildman–Crippen LogP) is 4.60. The average Bonchev–Trinajstić information content (AvgIpc) is 2.61. The van der Waals surface area contributed by atoms with Gasteiger partial charge in [-0.1, -0.05) is 64.0 Å². The van der Waals surface area contributed by atoms with Gasteiger partial charge >= 0.3 is 0 Å². The molecular formula is C21H35NO3. The molecule has 0 bridgehead atoms. The number of amides is 1. The highest BCUT2D eigenvalue weighted by Gasteiger charge is 2.01. The third-order valence-corrected chi connectivity index (χ3v) is 4.29. The summed E-state index contributed by atoms with van der Waals surface area (Å²) in [6, 6.07) is 7.06. The van der Waals surface area contributed by atoms with Crippen LogP contribution < -0.4 is 5.32 Å². The van der Waals surface area contributed by atoms with Crippen LogP contribution in [0.2, 0.25) is 0 Å². The first kappa shape index (κ1) is 21.5. The Morgan fingerprint density at radius 1 is 0.960 bits per heavy atom. The molecule has 1 aromatic carbocycles. The van der Waals surface area contributed by atoms with E-state index in [2.05, 4.69) is 12.2 Å². The Hall–Kier alpha value is -1.55. The summed E-state index contributed by atoms with van der Waals surface area (Å²) in [4.78, 5) is 11.7. The van der Waals surface area contributed by atoms with Gasteiger partial charge in [-0.25, -0.2) is 0 Å². The number of phenolic OH excluding ortho intramolecular Hbond substituents is 1. The summed E-state index contributed by atoms with van der Waals surface area (Å²) in [5.74, 6) is 0.302. The van der Waals surface area contributed by atoms with Gasteiger partial charge in [0.2, 0.25) is 5.91 Å². The van der Waals surface area contributed by atoms with Gasteiger partial charge in [0.15, 0.2) is 0 Å². The zero-order valence-electron chi connectivity index (χ0n) is 15.8. The maximum Gasteiger partial charge on any atom is 0.222 e. The first-order chi connectivity index (χ1) is 12.2. The van der Waals surface area contributed by atoms with Gasteiger partial charge < -0.3 is 15.2 Å². The number of benzene rings is 1. The molecular weight excluding hydrogens is 314 g/mol. The Kier molecular flexibility index (Phi) is 12.7. The molecule has 1 rings (SSSR count). The van der Waals surface area contributed by atoms with E-state index in [9.17, 15) is 9.90 Å². The van der Waals surface area contributed by atoms with Crippen LogP contribution in [0, 0.1) is 0 Å². The second kappa shape index (κ2) is 14.8. The summed E-state index contributed by atoms with van der Waals surface area (Å²) >= 11 is 0. The Morgan fingerprint density at radius 2 is 1.60 bits per heavy atom. The van der Waals surface area contributed by atoms with Crippen molar-refractivity contribution in [3.8, 4) is 5.75 Å². The van der Waals surface area contributed by atoms with E-state index in [1.54, 1.807) is 12.1 Å². The lowest BCUT2D eigenvalue weighted by atomic mass is 10.1. The van der Waals surface area contributed by atoms with Gasteiger partial charge in [0, 0.05) is 19.6 Å². The van der Waals surface area contributed by atoms with Gasteiger partial charge in [0.1, 0.15) is 5.75 Å². The number of hydrogen-bond acceptors (Lipinski definition) is 3. The lowest BCUT2D eigenvalue weighted by Gasteiger charge is -2.07. The van der Waals surface area contributed by atoms with Crippen molar-refractivity contribution >= 4 is 5.91 Å². The SMILES string of the molecule is CCCCCCCCCCOCCC(=O)NCCc1ccc(O)cc1. The van der Waals surface area contributed by atoms with Crippen LogP contribution in [0.25, 0.3) is 0 Å². The number of carbonyl (C=O) groups excluding carboxylic acids is 1. The van der Waals surface area contributed by atoms with E-state index in [1.165, 1.54) is 44.9 Å². The highest BCUT2D eigenvalue weighted by atomic mass is 16.5. The molecule has 1 aromatic rings. The molecule has 0 radical (unpaired) electrons. The smallest absolute Gasteiger partial charge is 0.222 e. The van der Waals surface area contributed by atoms with Crippen molar-refractivity contribution < 1.29 is 14.6 Å². The number of hydrogen-bond donors (Lipinski definition) is 2. The molecule has 0 heterocycles. The molecule has 4 nitrogen and oxygen atoms in total. The molecule has 4 heteroatoms. The minimum atomic E-state index is 0.0368. The lowest BCUT2D eigenvalue weighted by Crippen LogP contribution is -2.26. The summed E-state index contributed by atoms with van der Waals surface area (Å²) in [5, 5.41) is 12.1. The summed E-state index contributed by atoms with van der Waals surface area (Å²) in [6.07, 6.45) is 11.5. The molecule has 0 saturated heterocycles. The number of nitrogens with one attached hydrogen (secondary N) is 1. The van der Waals surface area contributed by atoms with E-state index in [-0.39, 0.29) is 11.7 Å². The Balaban J connectivity index is 1.86. The van der Waals surface area contributed by atoms with Crippen LogP contribution in [0.1, 0.15) is 70.3 Å². The van der Waals surface area contributed by atoms with Crippen molar-refractivity contribution in [1.29, 1.82) is 0 Å². The number of rotatable bonds is 15. The molecule has 1 amide bonds. The number of unbranched alkanes of at least 4 members (excludes halogenated alkanes) is 7. The fraction of sp³-hybridized carbons (Fsp3) is 0.667. The number of phenols is 1. The fourth-order valence-electron chi connectivity index (χ4n) is 2.70. The van der Waals surface area contributed by atoms with Crippen LogP contribution in [0.3, 0.4) is 0 Å². The van der Waals surface area contributed by atoms with Gasteiger partial charge in [-0.05, 0) is 30.5 Å². The van der Waals surface area contributed by atoms with Crippen LogP contribution in [-0.2, 0) is 16.0 Å². The zero-order chi connectivity index (χ0) is 18.2. The Labute approximate surface area is 153 Å². The molecule has 0 unspecified atom stereocenters. The topological polar surface area (TPSA) is 58.6 Å². The Morgan fingerprint density at radius 3 is 2.28 bits per heavy atom. The van der Waals surface area contributed by atoms with E-state index in [0.29, 0.717) is 19.6 Å². The third-order valence-electron chi connectivity index (χ3n) is 4.29. The molecule has 25 heavy (non-hydrogen) atoms. The minimum absolute atomic E-state index is 0.0368. The Bertz CT molecular complexity index is 445. The van der Waals surface area contributed by atoms with Crippen molar-refractivity contribution in [3.63, 3.8) is 0 Å². The summed E-state index contributed by atoms with van der Waals surface area (Å²) in [5.41, 5.74) is 1.10. The second-order valence-corrected chi connectivity index (χ2v) is 6.60. The molecule has 142 valence electrons. The highest BCUT2D eigenvalue weighted by molar-refractivity contribution is 5.75. The van der Waals surface area contributed by atoms with Crippen LogP contribution in [0.4, 0.5) is 0 Å². The van der Waals surface area contributed by atoms with Crippen LogP contribution >= 0.6 is 0 Å². The molecule has 0 atom stereocenters. The number of carbonyl (C=O) groups is 1. The van der Waals surface area contributed by atoms with E-state index in [1.807, 2.05) is 12.1 Å². The van der Waals surface area contributed by atoms with Crippen molar-refractivity contribution in [2.45, 2.75) is 71.1 Å². The zero-order valence-corrected chi connectivity index (χ0v) is 15.8. The predicted molar refractivity (Wildman–Crippen MR) is 103 cm³/mol. The summed E-state index contributed by atoms with van der Waals surface area (Å²) in [7, 11) is 0. The molecule has 0 aliphatic carbocycles. The molecule has 0 aliphatic rings. The van der Waals surface area contributed by atoms with Crippen molar-refractivity contribution in [3.05, 3.63) is 29.8 Å². The van der Waals surface area contributed by atoms with Crippen LogP contribution in [-0.4, -0.2) is 30.8 Å².